The number of halogens is 1. The molecule has 0 amide bonds. The van der Waals surface area contributed by atoms with Crippen molar-refractivity contribution in [2.45, 2.75) is 18.9 Å². The smallest absolute Gasteiger partial charge is 0.339 e. The Labute approximate surface area is 119 Å². The molecular weight excluding hydrogens is 290 g/mol. The molecule has 7 nitrogen and oxygen atoms in total. The Hall–Kier alpha value is -1.86. The molecule has 0 unspecified atom stereocenters. The number of carboxylic acid groups (broad SMARTS) is 1. The number of ether oxygens (including phenoxy) is 2. The minimum absolute atomic E-state index is 0.0309. The average Bonchev–Trinajstić information content (AvgIpc) is 2.41. The minimum atomic E-state index is -1.32. The van der Waals surface area contributed by atoms with E-state index in [1.54, 1.807) is 0 Å². The number of hydrogen-bond acceptors (Lipinski definition) is 5. The maximum absolute atomic E-state index is 11.2. The van der Waals surface area contributed by atoms with Gasteiger partial charge in [-0.3, -0.25) is 10.1 Å². The van der Waals surface area contributed by atoms with E-state index >= 15 is 0 Å². The first-order valence-electron chi connectivity index (χ1n) is 5.94. The second-order valence-corrected chi connectivity index (χ2v) is 4.70. The molecular formula is C12H12ClNO6. The van der Waals surface area contributed by atoms with E-state index in [0.29, 0.717) is 26.1 Å². The van der Waals surface area contributed by atoms with Crippen LogP contribution in [0.4, 0.5) is 5.69 Å². The molecule has 1 aromatic carbocycles. The highest BCUT2D eigenvalue weighted by Gasteiger charge is 2.24. The van der Waals surface area contributed by atoms with E-state index in [2.05, 4.69) is 0 Å². The molecule has 1 aromatic rings. The van der Waals surface area contributed by atoms with E-state index in [1.807, 2.05) is 0 Å². The standard InChI is InChI=1S/C12H12ClNO6/c13-10-6-7(14(17)18)5-9(12(15)16)11(10)20-8-1-3-19-4-2-8/h5-6,8H,1-4H2,(H,15,16). The van der Waals surface area contributed by atoms with Crippen LogP contribution in [0.3, 0.4) is 0 Å². The molecule has 2 rings (SSSR count). The fraction of sp³-hybridized carbons (Fsp3) is 0.417. The number of non-ortho nitro benzene ring substituents is 1. The molecule has 1 saturated heterocycles. The summed E-state index contributed by atoms with van der Waals surface area (Å²) >= 11 is 5.92. The summed E-state index contributed by atoms with van der Waals surface area (Å²) in [5.74, 6) is -1.35. The monoisotopic (exact) mass is 301 g/mol. The zero-order valence-corrected chi connectivity index (χ0v) is 11.1. The van der Waals surface area contributed by atoms with Gasteiger partial charge in [-0.15, -0.1) is 0 Å². The van der Waals surface area contributed by atoms with E-state index in [1.165, 1.54) is 0 Å². The van der Waals surface area contributed by atoms with Crippen molar-refractivity contribution in [2.24, 2.45) is 0 Å². The highest BCUT2D eigenvalue weighted by Crippen LogP contribution is 2.35. The molecule has 0 spiro atoms. The van der Waals surface area contributed by atoms with Gasteiger partial charge in [-0.05, 0) is 0 Å². The molecule has 0 saturated carbocycles. The van der Waals surface area contributed by atoms with Crippen LogP contribution in [0.15, 0.2) is 12.1 Å². The molecule has 108 valence electrons. The third-order valence-corrected chi connectivity index (χ3v) is 3.20. The average molecular weight is 302 g/mol. The molecule has 1 fully saturated rings. The predicted molar refractivity (Wildman–Crippen MR) is 69.5 cm³/mol. The van der Waals surface area contributed by atoms with Gasteiger partial charge in [-0.25, -0.2) is 4.79 Å². The molecule has 1 aliphatic heterocycles. The molecule has 8 heteroatoms. The van der Waals surface area contributed by atoms with Crippen LogP contribution in [0.5, 0.6) is 5.75 Å². The lowest BCUT2D eigenvalue weighted by Gasteiger charge is -2.24. The summed E-state index contributed by atoms with van der Waals surface area (Å²) in [5, 5.41) is 19.8. The van der Waals surface area contributed by atoms with E-state index in [-0.39, 0.29) is 28.1 Å². The lowest BCUT2D eigenvalue weighted by Crippen LogP contribution is -2.26. The van der Waals surface area contributed by atoms with Gasteiger partial charge in [-0.1, -0.05) is 11.6 Å². The Morgan fingerprint density at radius 1 is 1.45 bits per heavy atom. The number of nitrogens with zero attached hydrogens (tertiary/aromatic N) is 1. The van der Waals surface area contributed by atoms with Crippen LogP contribution in [0.25, 0.3) is 0 Å². The second-order valence-electron chi connectivity index (χ2n) is 4.30. The first-order chi connectivity index (χ1) is 9.49. The second kappa shape index (κ2) is 6.06. The van der Waals surface area contributed by atoms with Crippen LogP contribution in [0.1, 0.15) is 23.2 Å². The summed E-state index contributed by atoms with van der Waals surface area (Å²) in [6, 6.07) is 2.03. The molecule has 0 aliphatic carbocycles. The maximum atomic E-state index is 11.2. The number of carboxylic acids is 1. The van der Waals surface area contributed by atoms with E-state index in [0.717, 1.165) is 12.1 Å². The highest BCUT2D eigenvalue weighted by molar-refractivity contribution is 6.32. The van der Waals surface area contributed by atoms with Crippen molar-refractivity contribution < 1.29 is 24.3 Å². The number of carbonyl (C=O) groups is 1. The molecule has 0 aromatic heterocycles. The van der Waals surface area contributed by atoms with Gasteiger partial charge in [-0.2, -0.15) is 0 Å². The third kappa shape index (κ3) is 3.17. The zero-order valence-electron chi connectivity index (χ0n) is 10.4. The van der Waals surface area contributed by atoms with Crippen LogP contribution >= 0.6 is 11.6 Å². The van der Waals surface area contributed by atoms with E-state index in [9.17, 15) is 14.9 Å². The fourth-order valence-electron chi connectivity index (χ4n) is 1.92. The van der Waals surface area contributed by atoms with E-state index in [4.69, 9.17) is 26.2 Å². The molecule has 20 heavy (non-hydrogen) atoms. The third-order valence-electron chi connectivity index (χ3n) is 2.92. The Bertz CT molecular complexity index is 541. The Kier molecular flexibility index (Phi) is 4.41. The van der Waals surface area contributed by atoms with Crippen molar-refractivity contribution in [3.05, 3.63) is 32.8 Å². The number of hydrogen-bond donors (Lipinski definition) is 1. The maximum Gasteiger partial charge on any atom is 0.339 e. The van der Waals surface area contributed by atoms with E-state index < -0.39 is 10.9 Å². The minimum Gasteiger partial charge on any atom is -0.488 e. The van der Waals surface area contributed by atoms with Crippen LogP contribution in [-0.4, -0.2) is 35.3 Å². The molecule has 0 bridgehead atoms. The van der Waals surface area contributed by atoms with Crippen LogP contribution in [-0.2, 0) is 4.74 Å². The van der Waals surface area contributed by atoms with Crippen molar-refractivity contribution in [1.29, 1.82) is 0 Å². The quantitative estimate of drug-likeness (QED) is 0.677. The highest BCUT2D eigenvalue weighted by atomic mass is 35.5. The van der Waals surface area contributed by atoms with Gasteiger partial charge < -0.3 is 14.6 Å². The summed E-state index contributed by atoms with van der Waals surface area (Å²) in [7, 11) is 0. The lowest BCUT2D eigenvalue weighted by molar-refractivity contribution is -0.384. The summed E-state index contributed by atoms with van der Waals surface area (Å²) in [5.41, 5.74) is -0.692. The van der Waals surface area contributed by atoms with Crippen molar-refractivity contribution in [1.82, 2.24) is 0 Å². The predicted octanol–water partition coefficient (Wildman–Crippen LogP) is 2.50. The van der Waals surface area contributed by atoms with Gasteiger partial charge in [0.25, 0.3) is 5.69 Å². The lowest BCUT2D eigenvalue weighted by atomic mass is 10.1. The number of nitro benzene ring substituents is 1. The largest absolute Gasteiger partial charge is 0.488 e. The van der Waals surface area contributed by atoms with Crippen molar-refractivity contribution in [3.8, 4) is 5.75 Å². The molecule has 0 radical (unpaired) electrons. The van der Waals surface area contributed by atoms with Crippen molar-refractivity contribution >= 4 is 23.3 Å². The molecule has 0 atom stereocenters. The summed E-state index contributed by atoms with van der Waals surface area (Å²) in [4.78, 5) is 21.2. The number of nitro groups is 1. The Balaban J connectivity index is 2.35. The van der Waals surface area contributed by atoms with Gasteiger partial charge in [0.05, 0.1) is 23.2 Å². The van der Waals surface area contributed by atoms with Crippen LogP contribution in [0, 0.1) is 10.1 Å². The fourth-order valence-corrected chi connectivity index (χ4v) is 2.18. The molecule has 1 heterocycles. The summed E-state index contributed by atoms with van der Waals surface area (Å²) in [6.07, 6.45) is 1.03. The van der Waals surface area contributed by atoms with Gasteiger partial charge in [0.15, 0.2) is 5.75 Å². The topological polar surface area (TPSA) is 98.9 Å². The summed E-state index contributed by atoms with van der Waals surface area (Å²) < 4.78 is 10.8. The summed E-state index contributed by atoms with van der Waals surface area (Å²) in [6.45, 7) is 1.05. The van der Waals surface area contributed by atoms with Crippen LogP contribution < -0.4 is 4.74 Å². The molecule has 1 aliphatic rings. The first kappa shape index (κ1) is 14.5. The zero-order chi connectivity index (χ0) is 14.7. The normalized spacial score (nSPS) is 15.8. The SMILES string of the molecule is O=C(O)c1cc([N+](=O)[O-])cc(Cl)c1OC1CCOCC1. The van der Waals surface area contributed by atoms with Gasteiger partial charge in [0, 0.05) is 25.0 Å². The number of rotatable bonds is 4. The number of benzene rings is 1. The van der Waals surface area contributed by atoms with Gasteiger partial charge in [0.2, 0.25) is 0 Å². The molecule has 1 N–H and O–H groups in total. The first-order valence-corrected chi connectivity index (χ1v) is 6.32. The Morgan fingerprint density at radius 2 is 2.10 bits per heavy atom. The van der Waals surface area contributed by atoms with Crippen molar-refractivity contribution in [3.63, 3.8) is 0 Å². The van der Waals surface area contributed by atoms with Gasteiger partial charge in [0.1, 0.15) is 11.7 Å². The Morgan fingerprint density at radius 3 is 2.65 bits per heavy atom. The van der Waals surface area contributed by atoms with Gasteiger partial charge >= 0.3 is 5.97 Å². The van der Waals surface area contributed by atoms with Crippen molar-refractivity contribution in [2.75, 3.05) is 13.2 Å². The van der Waals surface area contributed by atoms with Crippen LogP contribution in [0.2, 0.25) is 5.02 Å². The number of aromatic carboxylic acids is 1.